The zero-order valence-corrected chi connectivity index (χ0v) is 9.02. The van der Waals surface area contributed by atoms with Crippen molar-refractivity contribution in [3.05, 3.63) is 41.5 Å². The van der Waals surface area contributed by atoms with Crippen LogP contribution in [-0.2, 0) is 0 Å². The third-order valence-corrected chi connectivity index (χ3v) is 2.66. The molecule has 0 spiro atoms. The molecule has 0 unspecified atom stereocenters. The number of carbonyl (C=O) groups excluding carboxylic acids is 1. The molecule has 1 aliphatic carbocycles. The van der Waals surface area contributed by atoms with Crippen LogP contribution in [0.3, 0.4) is 0 Å². The van der Waals surface area contributed by atoms with E-state index >= 15 is 0 Å². The van der Waals surface area contributed by atoms with Crippen molar-refractivity contribution in [3.63, 3.8) is 0 Å². The fraction of sp³-hybridized carbons (Fsp3) is 0.286. The van der Waals surface area contributed by atoms with Gasteiger partial charge in [-0.2, -0.15) is 5.26 Å². The molecule has 80 valence electrons. The van der Waals surface area contributed by atoms with Crippen LogP contribution in [0.15, 0.2) is 30.3 Å². The van der Waals surface area contributed by atoms with E-state index in [0.717, 1.165) is 24.0 Å². The molecule has 1 aromatic carbocycles. The number of hydrogen-bond donors (Lipinski definition) is 0. The molecule has 1 aliphatic rings. The third-order valence-electron chi connectivity index (χ3n) is 2.66. The van der Waals surface area contributed by atoms with Crippen molar-refractivity contribution in [3.8, 4) is 6.07 Å². The molecule has 0 amide bonds. The van der Waals surface area contributed by atoms with E-state index in [-0.39, 0.29) is 11.7 Å². The Bertz CT molecular complexity index is 447. The molecule has 0 radical (unpaired) electrons. The van der Waals surface area contributed by atoms with Crippen molar-refractivity contribution >= 4 is 11.9 Å². The van der Waals surface area contributed by atoms with E-state index in [0.29, 0.717) is 6.42 Å². The van der Waals surface area contributed by atoms with Crippen LogP contribution in [0.5, 0.6) is 0 Å². The Morgan fingerprint density at radius 2 is 2.06 bits per heavy atom. The molecule has 1 fully saturated rings. The summed E-state index contributed by atoms with van der Waals surface area (Å²) in [6, 6.07) is 9.63. The normalized spacial score (nSPS) is 14.9. The van der Waals surface area contributed by atoms with Crippen LogP contribution in [0.1, 0.15) is 35.2 Å². The summed E-state index contributed by atoms with van der Waals surface area (Å²) in [6.07, 6.45) is 6.22. The molecule has 0 aliphatic heterocycles. The summed E-state index contributed by atoms with van der Waals surface area (Å²) >= 11 is 0. The molecular formula is C14H13NO. The average molecular weight is 211 g/mol. The van der Waals surface area contributed by atoms with Crippen LogP contribution in [-0.4, -0.2) is 5.78 Å². The van der Waals surface area contributed by atoms with Crippen LogP contribution in [0.4, 0.5) is 0 Å². The molecule has 0 N–H and O–H groups in total. The van der Waals surface area contributed by atoms with Crippen molar-refractivity contribution in [1.29, 1.82) is 5.26 Å². The fourth-order valence-corrected chi connectivity index (χ4v) is 1.59. The first-order chi connectivity index (χ1) is 7.81. The van der Waals surface area contributed by atoms with E-state index in [1.165, 1.54) is 0 Å². The lowest BCUT2D eigenvalue weighted by molar-refractivity contribution is 0.0967. The van der Waals surface area contributed by atoms with Crippen molar-refractivity contribution in [1.82, 2.24) is 0 Å². The van der Waals surface area contributed by atoms with Gasteiger partial charge in [-0.25, -0.2) is 0 Å². The van der Waals surface area contributed by atoms with Crippen LogP contribution < -0.4 is 0 Å². The Morgan fingerprint density at radius 1 is 1.38 bits per heavy atom. The predicted molar refractivity (Wildman–Crippen MR) is 62.8 cm³/mol. The second-order valence-electron chi connectivity index (χ2n) is 4.03. The Balaban J connectivity index is 2.04. The molecular weight excluding hydrogens is 198 g/mol. The Hall–Kier alpha value is -1.88. The SMILES string of the molecule is N#CCC=Cc1ccc(C(=O)C2CC2)cc1. The molecule has 1 saturated carbocycles. The third kappa shape index (κ3) is 2.58. The Morgan fingerprint density at radius 3 is 2.62 bits per heavy atom. The lowest BCUT2D eigenvalue weighted by atomic mass is 10.0. The summed E-state index contributed by atoms with van der Waals surface area (Å²) in [5.41, 5.74) is 1.84. The van der Waals surface area contributed by atoms with Gasteiger partial charge in [-0.05, 0) is 18.4 Å². The number of benzene rings is 1. The lowest BCUT2D eigenvalue weighted by Crippen LogP contribution is -2.00. The number of allylic oxidation sites excluding steroid dienone is 1. The molecule has 2 rings (SSSR count). The van der Waals surface area contributed by atoms with Gasteiger partial charge in [0.1, 0.15) is 0 Å². The van der Waals surface area contributed by atoms with E-state index in [9.17, 15) is 4.79 Å². The topological polar surface area (TPSA) is 40.9 Å². The van der Waals surface area contributed by atoms with E-state index in [2.05, 4.69) is 0 Å². The van der Waals surface area contributed by atoms with E-state index in [1.54, 1.807) is 0 Å². The van der Waals surface area contributed by atoms with Gasteiger partial charge in [0.15, 0.2) is 5.78 Å². The number of rotatable bonds is 4. The zero-order chi connectivity index (χ0) is 11.4. The first-order valence-corrected chi connectivity index (χ1v) is 5.49. The molecule has 0 saturated heterocycles. The summed E-state index contributed by atoms with van der Waals surface area (Å²) in [7, 11) is 0. The maximum absolute atomic E-state index is 11.7. The molecule has 0 atom stereocenters. The second kappa shape index (κ2) is 4.76. The number of Topliss-reactive ketones (excluding diaryl/α,β-unsaturated/α-hetero) is 1. The quantitative estimate of drug-likeness (QED) is 0.717. The minimum absolute atomic E-state index is 0.271. The van der Waals surface area contributed by atoms with Gasteiger partial charge >= 0.3 is 0 Å². The fourth-order valence-electron chi connectivity index (χ4n) is 1.59. The number of nitriles is 1. The predicted octanol–water partition coefficient (Wildman–Crippen LogP) is 3.21. The number of ketones is 1. The molecule has 0 bridgehead atoms. The van der Waals surface area contributed by atoms with Gasteiger partial charge in [-0.15, -0.1) is 0 Å². The van der Waals surface area contributed by atoms with Crippen LogP contribution in [0.2, 0.25) is 0 Å². The average Bonchev–Trinajstić information content (AvgIpc) is 3.13. The summed E-state index contributed by atoms with van der Waals surface area (Å²) in [5, 5.41) is 8.38. The summed E-state index contributed by atoms with van der Waals surface area (Å²) < 4.78 is 0. The Labute approximate surface area is 95.2 Å². The van der Waals surface area contributed by atoms with Gasteiger partial charge in [0.05, 0.1) is 12.5 Å². The van der Waals surface area contributed by atoms with Crippen LogP contribution in [0, 0.1) is 17.2 Å². The van der Waals surface area contributed by atoms with E-state index < -0.39 is 0 Å². The standard InChI is InChI=1S/C14H13NO/c15-10-2-1-3-11-4-6-12(7-5-11)14(16)13-8-9-13/h1,3-7,13H,2,8-9H2. The van der Waals surface area contributed by atoms with Crippen molar-refractivity contribution in [2.75, 3.05) is 0 Å². The van der Waals surface area contributed by atoms with Crippen molar-refractivity contribution in [2.24, 2.45) is 5.92 Å². The highest BCUT2D eigenvalue weighted by molar-refractivity contribution is 5.99. The highest BCUT2D eigenvalue weighted by atomic mass is 16.1. The highest BCUT2D eigenvalue weighted by Gasteiger charge is 2.30. The number of nitrogens with zero attached hydrogens (tertiary/aromatic N) is 1. The van der Waals surface area contributed by atoms with Crippen LogP contribution in [0.25, 0.3) is 6.08 Å². The van der Waals surface area contributed by atoms with E-state index in [1.807, 2.05) is 42.5 Å². The van der Waals surface area contributed by atoms with E-state index in [4.69, 9.17) is 5.26 Å². The summed E-state index contributed by atoms with van der Waals surface area (Å²) in [4.78, 5) is 11.7. The largest absolute Gasteiger partial charge is 0.294 e. The minimum atomic E-state index is 0.271. The first-order valence-electron chi connectivity index (χ1n) is 5.49. The lowest BCUT2D eigenvalue weighted by Gasteiger charge is -1.99. The maximum Gasteiger partial charge on any atom is 0.165 e. The first kappa shape index (κ1) is 10.6. The summed E-state index contributed by atoms with van der Waals surface area (Å²) in [5.74, 6) is 0.549. The Kier molecular flexibility index (Phi) is 3.16. The van der Waals surface area contributed by atoms with Crippen molar-refractivity contribution in [2.45, 2.75) is 19.3 Å². The smallest absolute Gasteiger partial charge is 0.165 e. The molecule has 2 heteroatoms. The van der Waals surface area contributed by atoms with Gasteiger partial charge in [0.2, 0.25) is 0 Å². The zero-order valence-electron chi connectivity index (χ0n) is 9.02. The van der Waals surface area contributed by atoms with Gasteiger partial charge in [0, 0.05) is 11.5 Å². The summed E-state index contributed by atoms with van der Waals surface area (Å²) in [6.45, 7) is 0. The highest BCUT2D eigenvalue weighted by Crippen LogP contribution is 2.32. The van der Waals surface area contributed by atoms with Gasteiger partial charge < -0.3 is 0 Å². The number of carbonyl (C=O) groups is 1. The second-order valence-corrected chi connectivity index (χ2v) is 4.03. The molecule has 16 heavy (non-hydrogen) atoms. The molecule has 2 nitrogen and oxygen atoms in total. The number of hydrogen-bond acceptors (Lipinski definition) is 2. The van der Waals surface area contributed by atoms with Gasteiger partial charge in [-0.3, -0.25) is 4.79 Å². The minimum Gasteiger partial charge on any atom is -0.294 e. The van der Waals surface area contributed by atoms with Gasteiger partial charge in [-0.1, -0.05) is 36.4 Å². The van der Waals surface area contributed by atoms with Crippen molar-refractivity contribution < 1.29 is 4.79 Å². The molecule has 1 aromatic rings. The molecule has 0 heterocycles. The monoisotopic (exact) mass is 211 g/mol. The van der Waals surface area contributed by atoms with Gasteiger partial charge in [0.25, 0.3) is 0 Å². The van der Waals surface area contributed by atoms with Crippen LogP contribution >= 0.6 is 0 Å². The maximum atomic E-state index is 11.7. The molecule has 0 aromatic heterocycles.